The van der Waals surface area contributed by atoms with Gasteiger partial charge in [-0.05, 0) is 31.5 Å². The summed E-state index contributed by atoms with van der Waals surface area (Å²) >= 11 is 0. The van der Waals surface area contributed by atoms with Crippen molar-refractivity contribution in [1.29, 1.82) is 0 Å². The number of halogens is 3. The quantitative estimate of drug-likeness (QED) is 0.522. The number of aryl methyl sites for hydroxylation is 1. The van der Waals surface area contributed by atoms with Crippen LogP contribution in [-0.4, -0.2) is 56.0 Å². The lowest BCUT2D eigenvalue weighted by molar-refractivity contribution is -0.138. The molecule has 0 unspecified atom stereocenters. The van der Waals surface area contributed by atoms with E-state index >= 15 is 0 Å². The maximum Gasteiger partial charge on any atom is 0.416 e. The normalized spacial score (nSPS) is 14.2. The zero-order valence-electron chi connectivity index (χ0n) is 19.5. The smallest absolute Gasteiger partial charge is 0.372 e. The Morgan fingerprint density at radius 2 is 2.03 bits per heavy atom. The Morgan fingerprint density at radius 1 is 1.26 bits per heavy atom. The third-order valence-corrected chi connectivity index (χ3v) is 5.36. The second-order valence-electron chi connectivity index (χ2n) is 8.53. The van der Waals surface area contributed by atoms with E-state index in [0.717, 1.165) is 6.07 Å². The van der Waals surface area contributed by atoms with Crippen LogP contribution in [0.5, 0.6) is 0 Å². The van der Waals surface area contributed by atoms with Gasteiger partial charge in [-0.2, -0.15) is 18.3 Å². The van der Waals surface area contributed by atoms with E-state index in [1.54, 1.807) is 30.2 Å². The van der Waals surface area contributed by atoms with Gasteiger partial charge in [-0.3, -0.25) is 4.68 Å². The molecular weight excluding hydrogens is 463 g/mol. The number of hydrogen-bond donors (Lipinski definition) is 2. The van der Waals surface area contributed by atoms with Gasteiger partial charge in [-0.1, -0.05) is 12.1 Å². The average Bonchev–Trinajstić information content (AvgIpc) is 3.18. The molecule has 3 heterocycles. The van der Waals surface area contributed by atoms with Gasteiger partial charge >= 0.3 is 12.2 Å². The largest absolute Gasteiger partial charge is 0.416 e. The third kappa shape index (κ3) is 6.07. The summed E-state index contributed by atoms with van der Waals surface area (Å²) in [5, 5.41) is 9.58. The van der Waals surface area contributed by atoms with E-state index in [9.17, 15) is 18.0 Å². The van der Waals surface area contributed by atoms with E-state index in [4.69, 9.17) is 4.74 Å². The molecule has 1 saturated heterocycles. The molecule has 186 valence electrons. The first-order valence-electron chi connectivity index (χ1n) is 11.1. The van der Waals surface area contributed by atoms with Crippen molar-refractivity contribution in [3.8, 4) is 11.3 Å². The van der Waals surface area contributed by atoms with E-state index in [1.807, 2.05) is 13.8 Å². The fourth-order valence-corrected chi connectivity index (χ4v) is 3.71. The highest BCUT2D eigenvalue weighted by molar-refractivity contribution is 5.75. The summed E-state index contributed by atoms with van der Waals surface area (Å²) in [6, 6.07) is 5.05. The third-order valence-electron chi connectivity index (χ3n) is 5.36. The Kier molecular flexibility index (Phi) is 6.92. The second-order valence-corrected chi connectivity index (χ2v) is 8.53. The molecule has 35 heavy (non-hydrogen) atoms. The van der Waals surface area contributed by atoms with Gasteiger partial charge in [0.1, 0.15) is 0 Å². The molecule has 0 spiro atoms. The molecular formula is C23H26F3N7O2. The molecule has 1 fully saturated rings. The maximum absolute atomic E-state index is 13.9. The van der Waals surface area contributed by atoms with Crippen molar-refractivity contribution < 1.29 is 22.7 Å². The molecule has 9 nitrogen and oxygen atoms in total. The number of carbonyl (C=O) groups excluding carboxylic acids is 1. The number of amides is 2. The van der Waals surface area contributed by atoms with Gasteiger partial charge in [0.25, 0.3) is 0 Å². The lowest BCUT2D eigenvalue weighted by Gasteiger charge is -2.39. The molecule has 0 aliphatic carbocycles. The van der Waals surface area contributed by atoms with Crippen LogP contribution in [0.25, 0.3) is 11.3 Å². The summed E-state index contributed by atoms with van der Waals surface area (Å²) in [4.78, 5) is 22.3. The Balaban J connectivity index is 1.47. The van der Waals surface area contributed by atoms with Gasteiger partial charge in [0.05, 0.1) is 48.4 Å². The van der Waals surface area contributed by atoms with Crippen LogP contribution in [0.1, 0.15) is 25.0 Å². The molecule has 0 bridgehead atoms. The highest BCUT2D eigenvalue weighted by Crippen LogP contribution is 2.35. The fourth-order valence-electron chi connectivity index (χ4n) is 3.71. The Morgan fingerprint density at radius 3 is 2.69 bits per heavy atom. The number of nitrogens with zero attached hydrogens (tertiary/aromatic N) is 5. The van der Waals surface area contributed by atoms with Crippen molar-refractivity contribution in [1.82, 2.24) is 30.0 Å². The van der Waals surface area contributed by atoms with E-state index in [2.05, 4.69) is 25.7 Å². The first-order chi connectivity index (χ1) is 16.6. The van der Waals surface area contributed by atoms with Gasteiger partial charge in [0.2, 0.25) is 5.95 Å². The van der Waals surface area contributed by atoms with Crippen molar-refractivity contribution in [3.05, 3.63) is 54.0 Å². The van der Waals surface area contributed by atoms with Gasteiger partial charge in [-0.25, -0.2) is 14.8 Å². The number of carbonyl (C=O) groups is 1. The number of benzene rings is 1. The molecule has 2 N–H and O–H groups in total. The molecule has 1 aromatic carbocycles. The van der Waals surface area contributed by atoms with Crippen molar-refractivity contribution >= 4 is 17.7 Å². The maximum atomic E-state index is 13.9. The van der Waals surface area contributed by atoms with Gasteiger partial charge in [0.15, 0.2) is 0 Å². The molecule has 0 saturated carbocycles. The summed E-state index contributed by atoms with van der Waals surface area (Å²) in [6.07, 6.45) is 0.168. The monoisotopic (exact) mass is 489 g/mol. The number of nitrogens with one attached hydrogen (secondary N) is 2. The number of aromatic nitrogens is 4. The molecule has 12 heteroatoms. The molecule has 4 rings (SSSR count). The summed E-state index contributed by atoms with van der Waals surface area (Å²) in [7, 11) is 1.76. The highest BCUT2D eigenvalue weighted by Gasteiger charge is 2.35. The van der Waals surface area contributed by atoms with Gasteiger partial charge in [0, 0.05) is 31.5 Å². The number of likely N-dealkylation sites (tertiary alicyclic amines) is 1. The number of urea groups is 1. The molecule has 1 aliphatic heterocycles. The van der Waals surface area contributed by atoms with Crippen LogP contribution < -0.4 is 10.6 Å². The SMILES string of the molecule is CC(C)OC1CN(C(=O)NCc2ccc(-c3ccnc(Nc4cnn(C)c4)n3)cc2C(F)(F)F)C1. The second kappa shape index (κ2) is 9.90. The summed E-state index contributed by atoms with van der Waals surface area (Å²) in [5.74, 6) is 0.231. The van der Waals surface area contributed by atoms with Crippen molar-refractivity contribution in [2.45, 2.75) is 38.8 Å². The van der Waals surface area contributed by atoms with Crippen LogP contribution in [0.15, 0.2) is 42.9 Å². The van der Waals surface area contributed by atoms with Crippen molar-refractivity contribution in [3.63, 3.8) is 0 Å². The van der Waals surface area contributed by atoms with Crippen molar-refractivity contribution in [2.75, 3.05) is 18.4 Å². The Labute approximate surface area is 200 Å². The van der Waals surface area contributed by atoms with E-state index in [1.165, 1.54) is 23.2 Å². The minimum Gasteiger partial charge on any atom is -0.372 e. The van der Waals surface area contributed by atoms with Crippen molar-refractivity contribution in [2.24, 2.45) is 7.05 Å². The van der Waals surface area contributed by atoms with Crippen LogP contribution in [-0.2, 0) is 24.5 Å². The van der Waals surface area contributed by atoms with Crippen LogP contribution >= 0.6 is 0 Å². The molecule has 3 aromatic rings. The number of anilines is 2. The Hall–Kier alpha value is -3.67. The van der Waals surface area contributed by atoms with Gasteiger partial charge < -0.3 is 20.3 Å². The highest BCUT2D eigenvalue weighted by atomic mass is 19.4. The summed E-state index contributed by atoms with van der Waals surface area (Å²) < 4.78 is 48.8. The summed E-state index contributed by atoms with van der Waals surface area (Å²) in [6.45, 7) is 4.39. The van der Waals surface area contributed by atoms with E-state index < -0.39 is 17.8 Å². The van der Waals surface area contributed by atoms with Gasteiger partial charge in [-0.15, -0.1) is 0 Å². The molecule has 0 radical (unpaired) electrons. The predicted octanol–water partition coefficient (Wildman–Crippen LogP) is 3.96. The summed E-state index contributed by atoms with van der Waals surface area (Å²) in [5.41, 5.74) is 0.383. The topological polar surface area (TPSA) is 97.2 Å². The Bertz CT molecular complexity index is 1190. The van der Waals surface area contributed by atoms with E-state index in [0.29, 0.717) is 24.5 Å². The van der Waals surface area contributed by atoms with Crippen LogP contribution in [0.2, 0.25) is 0 Å². The van der Waals surface area contributed by atoms with E-state index in [-0.39, 0.29) is 35.8 Å². The minimum absolute atomic E-state index is 0.0344. The van der Waals surface area contributed by atoms with Crippen LogP contribution in [0, 0.1) is 0 Å². The standard InChI is InChI=1S/C23H26F3N7O2/c1-14(2)35-18-12-33(13-18)22(34)28-9-16-5-4-15(8-19(16)23(24,25)26)20-6-7-27-21(31-20)30-17-10-29-32(3)11-17/h4-8,10-11,14,18H,9,12-13H2,1-3H3,(H,28,34)(H,27,30,31). The predicted molar refractivity (Wildman–Crippen MR) is 123 cm³/mol. The number of ether oxygens (including phenoxy) is 1. The van der Waals surface area contributed by atoms with Crippen LogP contribution in [0.4, 0.5) is 29.6 Å². The zero-order chi connectivity index (χ0) is 25.2. The first kappa shape index (κ1) is 24.5. The molecule has 0 atom stereocenters. The number of rotatable bonds is 7. The molecule has 1 aliphatic rings. The lowest BCUT2D eigenvalue weighted by atomic mass is 10.0. The first-order valence-corrected chi connectivity index (χ1v) is 11.1. The number of hydrogen-bond acceptors (Lipinski definition) is 6. The average molecular weight is 490 g/mol. The number of alkyl halides is 3. The van der Waals surface area contributed by atoms with Crippen LogP contribution in [0.3, 0.4) is 0 Å². The minimum atomic E-state index is -4.60. The lowest BCUT2D eigenvalue weighted by Crippen LogP contribution is -2.58. The zero-order valence-corrected chi connectivity index (χ0v) is 19.5. The molecule has 2 amide bonds. The molecule has 2 aromatic heterocycles. The fraction of sp³-hybridized carbons (Fsp3) is 0.391.